The van der Waals surface area contributed by atoms with Crippen LogP contribution >= 0.6 is 0 Å². The molecule has 0 saturated carbocycles. The summed E-state index contributed by atoms with van der Waals surface area (Å²) < 4.78 is 22.3. The maximum absolute atomic E-state index is 10.0. The third-order valence-corrected chi connectivity index (χ3v) is 4.77. The lowest BCUT2D eigenvalue weighted by Crippen LogP contribution is -2.59. The number of rotatable bonds is 9. The van der Waals surface area contributed by atoms with E-state index in [4.69, 9.17) is 18.9 Å². The van der Waals surface area contributed by atoms with Gasteiger partial charge in [0.05, 0.1) is 12.7 Å². The Kier molecular flexibility index (Phi) is 8.03. The first-order valence-electron chi connectivity index (χ1n) is 9.83. The fraction of sp³-hybridized carbons (Fsp3) is 0.455. The first-order chi connectivity index (χ1) is 14.5. The van der Waals surface area contributed by atoms with Crippen LogP contribution in [-0.4, -0.2) is 70.4 Å². The summed E-state index contributed by atoms with van der Waals surface area (Å²) in [5, 5.41) is 38.9. The molecule has 2 aromatic rings. The van der Waals surface area contributed by atoms with Crippen LogP contribution in [0.1, 0.15) is 12.5 Å². The van der Waals surface area contributed by atoms with Gasteiger partial charge in [-0.25, -0.2) is 0 Å². The summed E-state index contributed by atoms with van der Waals surface area (Å²) >= 11 is 0. The van der Waals surface area contributed by atoms with Crippen LogP contribution in [0.2, 0.25) is 0 Å². The zero-order chi connectivity index (χ0) is 21.5. The van der Waals surface area contributed by atoms with E-state index in [0.717, 1.165) is 11.3 Å². The normalized spacial score (nSPS) is 27.4. The van der Waals surface area contributed by atoms with Gasteiger partial charge in [-0.3, -0.25) is 0 Å². The number of ether oxygens (including phenoxy) is 4. The molecule has 1 unspecified atom stereocenters. The SMILES string of the molecule is CC(COc1ccc(OCc2ccccc2)cc1)O[C@@H]1O[C@H](CO)[C@@H](O)[C@H](O)[C@H]1O. The molecule has 3 rings (SSSR count). The Morgan fingerprint density at radius 2 is 1.50 bits per heavy atom. The molecule has 0 radical (unpaired) electrons. The maximum atomic E-state index is 10.0. The number of aliphatic hydroxyl groups excluding tert-OH is 4. The summed E-state index contributed by atoms with van der Waals surface area (Å²) in [7, 11) is 0. The number of aliphatic hydroxyl groups is 4. The molecule has 1 aliphatic heterocycles. The Bertz CT molecular complexity index is 751. The smallest absolute Gasteiger partial charge is 0.187 e. The van der Waals surface area contributed by atoms with E-state index in [1.807, 2.05) is 30.3 Å². The van der Waals surface area contributed by atoms with E-state index in [-0.39, 0.29) is 6.61 Å². The molecule has 0 aromatic heterocycles. The zero-order valence-electron chi connectivity index (χ0n) is 16.7. The zero-order valence-corrected chi connectivity index (χ0v) is 16.7. The summed E-state index contributed by atoms with van der Waals surface area (Å²) in [5.74, 6) is 1.34. The van der Waals surface area contributed by atoms with Crippen molar-refractivity contribution in [1.82, 2.24) is 0 Å². The Hall–Kier alpha value is -2.20. The first kappa shape index (κ1) is 22.5. The Labute approximate surface area is 175 Å². The molecule has 1 heterocycles. The van der Waals surface area contributed by atoms with Gasteiger partial charge in [-0.15, -0.1) is 0 Å². The monoisotopic (exact) mass is 420 g/mol. The highest BCUT2D eigenvalue weighted by atomic mass is 16.7. The molecule has 2 aromatic carbocycles. The van der Waals surface area contributed by atoms with Crippen molar-refractivity contribution in [3.05, 3.63) is 60.2 Å². The second-order valence-corrected chi connectivity index (χ2v) is 7.20. The molecule has 164 valence electrons. The van der Waals surface area contributed by atoms with E-state index in [1.54, 1.807) is 31.2 Å². The maximum Gasteiger partial charge on any atom is 0.187 e. The van der Waals surface area contributed by atoms with Gasteiger partial charge in [0, 0.05) is 0 Å². The molecular formula is C22H28O8. The molecule has 0 aliphatic carbocycles. The van der Waals surface area contributed by atoms with E-state index in [9.17, 15) is 20.4 Å². The molecular weight excluding hydrogens is 392 g/mol. The van der Waals surface area contributed by atoms with E-state index in [2.05, 4.69) is 0 Å². The molecule has 8 heteroatoms. The summed E-state index contributed by atoms with van der Waals surface area (Å²) in [6.45, 7) is 1.86. The predicted octanol–water partition coefficient (Wildman–Crippen LogP) is 0.849. The van der Waals surface area contributed by atoms with Gasteiger partial charge in [0.2, 0.25) is 0 Å². The van der Waals surface area contributed by atoms with Gasteiger partial charge in [0.1, 0.15) is 49.1 Å². The van der Waals surface area contributed by atoms with E-state index in [1.165, 1.54) is 0 Å². The van der Waals surface area contributed by atoms with Crippen LogP contribution in [0, 0.1) is 0 Å². The third-order valence-electron chi connectivity index (χ3n) is 4.77. The number of hydrogen-bond acceptors (Lipinski definition) is 8. The highest BCUT2D eigenvalue weighted by molar-refractivity contribution is 5.31. The predicted molar refractivity (Wildman–Crippen MR) is 107 cm³/mol. The fourth-order valence-corrected chi connectivity index (χ4v) is 3.03. The lowest BCUT2D eigenvalue weighted by atomic mass is 9.99. The standard InChI is InChI=1S/C22H28O8/c1-14(29-22-21(26)20(25)19(24)18(11-23)30-22)12-27-16-7-9-17(10-8-16)28-13-15-5-3-2-4-6-15/h2-10,14,18-26H,11-13H2,1H3/t14?,18-,19-,20+,21-,22-/m1/s1. The van der Waals surface area contributed by atoms with E-state index >= 15 is 0 Å². The minimum atomic E-state index is -1.47. The fourth-order valence-electron chi connectivity index (χ4n) is 3.03. The average Bonchev–Trinajstić information content (AvgIpc) is 2.78. The molecule has 8 nitrogen and oxygen atoms in total. The molecule has 0 bridgehead atoms. The van der Waals surface area contributed by atoms with Crippen LogP contribution in [0.4, 0.5) is 0 Å². The van der Waals surface area contributed by atoms with Crippen molar-refractivity contribution in [2.24, 2.45) is 0 Å². The van der Waals surface area contributed by atoms with Crippen LogP contribution in [0.5, 0.6) is 11.5 Å². The second-order valence-electron chi connectivity index (χ2n) is 7.20. The van der Waals surface area contributed by atoms with Crippen molar-refractivity contribution in [3.63, 3.8) is 0 Å². The molecule has 1 saturated heterocycles. The largest absolute Gasteiger partial charge is 0.491 e. The van der Waals surface area contributed by atoms with Crippen molar-refractivity contribution < 1.29 is 39.4 Å². The Morgan fingerprint density at radius 1 is 0.867 bits per heavy atom. The highest BCUT2D eigenvalue weighted by Gasteiger charge is 2.44. The average molecular weight is 420 g/mol. The summed E-state index contributed by atoms with van der Waals surface area (Å²) in [6.07, 6.45) is -7.01. The van der Waals surface area contributed by atoms with Gasteiger partial charge in [0.25, 0.3) is 0 Å². The van der Waals surface area contributed by atoms with Crippen LogP contribution in [0.15, 0.2) is 54.6 Å². The summed E-state index contributed by atoms with van der Waals surface area (Å²) in [4.78, 5) is 0. The van der Waals surface area contributed by atoms with Crippen LogP contribution in [0.25, 0.3) is 0 Å². The van der Waals surface area contributed by atoms with Crippen molar-refractivity contribution in [3.8, 4) is 11.5 Å². The highest BCUT2D eigenvalue weighted by Crippen LogP contribution is 2.23. The molecule has 4 N–H and O–H groups in total. The van der Waals surface area contributed by atoms with Crippen LogP contribution in [-0.2, 0) is 16.1 Å². The minimum Gasteiger partial charge on any atom is -0.491 e. The lowest BCUT2D eigenvalue weighted by molar-refractivity contribution is -0.311. The molecule has 6 atom stereocenters. The minimum absolute atomic E-state index is 0.166. The summed E-state index contributed by atoms with van der Waals surface area (Å²) in [6, 6.07) is 17.0. The second kappa shape index (κ2) is 10.7. The number of hydrogen-bond donors (Lipinski definition) is 4. The molecule has 1 aliphatic rings. The van der Waals surface area contributed by atoms with Crippen molar-refractivity contribution in [2.75, 3.05) is 13.2 Å². The molecule has 0 spiro atoms. The van der Waals surface area contributed by atoms with Crippen molar-refractivity contribution in [2.45, 2.75) is 50.3 Å². The van der Waals surface area contributed by atoms with Gasteiger partial charge in [0.15, 0.2) is 6.29 Å². The van der Waals surface area contributed by atoms with Gasteiger partial charge in [-0.05, 0) is 36.8 Å². The summed E-state index contributed by atoms with van der Waals surface area (Å²) in [5.41, 5.74) is 1.08. The van der Waals surface area contributed by atoms with Gasteiger partial charge < -0.3 is 39.4 Å². The van der Waals surface area contributed by atoms with Gasteiger partial charge in [-0.2, -0.15) is 0 Å². The van der Waals surface area contributed by atoms with Crippen LogP contribution < -0.4 is 9.47 Å². The first-order valence-corrected chi connectivity index (χ1v) is 9.83. The third kappa shape index (κ3) is 5.91. The number of benzene rings is 2. The van der Waals surface area contributed by atoms with E-state index < -0.39 is 43.4 Å². The molecule has 30 heavy (non-hydrogen) atoms. The van der Waals surface area contributed by atoms with E-state index in [0.29, 0.717) is 12.4 Å². The quantitative estimate of drug-likeness (QED) is 0.472. The van der Waals surface area contributed by atoms with Gasteiger partial charge in [-0.1, -0.05) is 30.3 Å². The van der Waals surface area contributed by atoms with Crippen LogP contribution in [0.3, 0.4) is 0 Å². The van der Waals surface area contributed by atoms with Crippen molar-refractivity contribution in [1.29, 1.82) is 0 Å². The Morgan fingerprint density at radius 3 is 2.13 bits per heavy atom. The molecule has 0 amide bonds. The van der Waals surface area contributed by atoms with Crippen molar-refractivity contribution >= 4 is 0 Å². The van der Waals surface area contributed by atoms with Gasteiger partial charge >= 0.3 is 0 Å². The topological polar surface area (TPSA) is 118 Å². The lowest BCUT2D eigenvalue weighted by Gasteiger charge is -2.40. The Balaban J connectivity index is 1.44. The molecule has 1 fully saturated rings.